The summed E-state index contributed by atoms with van der Waals surface area (Å²) in [7, 11) is 9.89. The molecule has 0 aromatic heterocycles. The smallest absolute Gasteiger partial charge is 0.326 e. The summed E-state index contributed by atoms with van der Waals surface area (Å²) in [5.74, 6) is -11.6. The van der Waals surface area contributed by atoms with Gasteiger partial charge in [0.05, 0.1) is 30.8 Å². The first-order valence-corrected chi connectivity index (χ1v) is 33.0. The lowest BCUT2D eigenvalue weighted by Gasteiger charge is -2.42. The van der Waals surface area contributed by atoms with Crippen molar-refractivity contribution in [3.63, 3.8) is 0 Å². The average Bonchev–Trinajstić information content (AvgIpc) is 0.838. The lowest BCUT2D eigenvalue weighted by Crippen LogP contribution is -2.62. The molecule has 0 bridgehead atoms. The second-order valence-corrected chi connectivity index (χ2v) is 28.1. The number of aliphatic hydroxyl groups is 1. The van der Waals surface area contributed by atoms with E-state index >= 15 is 19.2 Å². The third-order valence-corrected chi connectivity index (χ3v) is 18.2. The van der Waals surface area contributed by atoms with Crippen molar-refractivity contribution in [1.29, 1.82) is 0 Å². The molecule has 1 heterocycles. The fraction of sp³-hybridized carbons (Fsp3) is 0.803. The Morgan fingerprint density at radius 1 is 0.688 bits per heavy atom. The average molecular weight is 1320 g/mol. The number of aliphatic hydroxyl groups excluding tert-OH is 1. The van der Waals surface area contributed by atoms with Gasteiger partial charge in [-0.25, -0.2) is 4.79 Å². The standard InChI is InChI=1S/C66H118N12O15/c1-25-48(61(87)71(18)33-54(82)72(19)47(34-79)26-35(2)3)70-59(85)50(31-40(11)32-53(81)44(15)78(46(17)80)45(16)66(92)93)74(21)65(91)56-41(12)29-39(10)30-49(73(20)64(90)55(67)38(8)9)58(84)68-42(13)57(83)69-43(14)60(86)75(22)51(27-36(4)5)62(88)76(23)52(28-37(6)7)63(89)77(56)24/h34-45,47-53,55-56,81H,25-33,67H2,1-24H3,(H,68,84)(H,69,83)(H,70,85)(H,92,93)/t39?,40-,41?,42-,43-,44?,45?,47-,48-,49-,50?,51-,52-,53?,55-,56-/m0/s1. The van der Waals surface area contributed by atoms with Crippen molar-refractivity contribution in [2.24, 2.45) is 47.2 Å². The highest BCUT2D eigenvalue weighted by Crippen LogP contribution is 2.30. The lowest BCUT2D eigenvalue weighted by molar-refractivity contribution is -0.156. The molecule has 27 nitrogen and oxygen atoms in total. The number of carbonyl (C=O) groups excluding carboxylic acids is 12. The molecule has 6 unspecified atom stereocenters. The fourth-order valence-electron chi connectivity index (χ4n) is 12.2. The van der Waals surface area contributed by atoms with Crippen LogP contribution < -0.4 is 21.7 Å². The molecular weight excluding hydrogens is 1200 g/mol. The Bertz CT molecular complexity index is 2590. The van der Waals surface area contributed by atoms with Gasteiger partial charge >= 0.3 is 5.97 Å². The van der Waals surface area contributed by atoms with Crippen LogP contribution in [0.4, 0.5) is 0 Å². The van der Waals surface area contributed by atoms with Gasteiger partial charge in [-0.1, -0.05) is 83.1 Å². The normalized spacial score (nSPS) is 23.6. The van der Waals surface area contributed by atoms with Gasteiger partial charge in [0.15, 0.2) is 0 Å². The van der Waals surface area contributed by atoms with E-state index in [1.165, 1.54) is 108 Å². The van der Waals surface area contributed by atoms with Crippen molar-refractivity contribution in [3.8, 4) is 0 Å². The van der Waals surface area contributed by atoms with E-state index in [4.69, 9.17) is 5.73 Å². The molecule has 0 radical (unpaired) electrons. The minimum Gasteiger partial charge on any atom is -0.480 e. The number of hydrogen-bond acceptors (Lipinski definition) is 15. The molecule has 11 amide bonds. The number of nitrogens with zero attached hydrogens (tertiary/aromatic N) is 8. The van der Waals surface area contributed by atoms with Gasteiger partial charge in [-0.3, -0.25) is 52.7 Å². The van der Waals surface area contributed by atoms with E-state index < -0.39 is 174 Å². The Balaban J connectivity index is 4.50. The highest BCUT2D eigenvalue weighted by atomic mass is 16.4. The van der Waals surface area contributed by atoms with Gasteiger partial charge in [0, 0.05) is 56.3 Å². The largest absolute Gasteiger partial charge is 0.480 e. The second-order valence-electron chi connectivity index (χ2n) is 28.1. The van der Waals surface area contributed by atoms with Crippen molar-refractivity contribution in [2.75, 3.05) is 55.9 Å². The highest BCUT2D eigenvalue weighted by molar-refractivity contribution is 5.98. The van der Waals surface area contributed by atoms with Gasteiger partial charge < -0.3 is 75.9 Å². The van der Waals surface area contributed by atoms with Crippen LogP contribution >= 0.6 is 0 Å². The van der Waals surface area contributed by atoms with Crippen LogP contribution in [0.25, 0.3) is 0 Å². The number of likely N-dealkylation sites (N-methyl/N-ethyl adjacent to an activating group) is 7. The molecule has 1 fully saturated rings. The first-order chi connectivity index (χ1) is 42.8. The van der Waals surface area contributed by atoms with Gasteiger partial charge in [-0.05, 0) is 120 Å². The molecule has 16 atom stereocenters. The number of carboxylic acids is 1. The first-order valence-electron chi connectivity index (χ1n) is 33.0. The van der Waals surface area contributed by atoms with Crippen LogP contribution in [0.3, 0.4) is 0 Å². The number of amides is 11. The van der Waals surface area contributed by atoms with Crippen LogP contribution in [0, 0.1) is 41.4 Å². The summed E-state index contributed by atoms with van der Waals surface area (Å²) in [4.78, 5) is 193. The van der Waals surface area contributed by atoms with Crippen LogP contribution in [-0.2, 0) is 62.3 Å². The number of rotatable bonds is 27. The Hall–Kier alpha value is -6.77. The van der Waals surface area contributed by atoms with Crippen molar-refractivity contribution >= 4 is 77.2 Å². The van der Waals surface area contributed by atoms with E-state index in [0.29, 0.717) is 12.7 Å². The number of nitrogens with two attached hydrogens (primary N) is 1. The zero-order valence-corrected chi connectivity index (χ0v) is 60.3. The fourth-order valence-corrected chi connectivity index (χ4v) is 12.2. The third kappa shape index (κ3) is 23.9. The van der Waals surface area contributed by atoms with Gasteiger partial charge in [0.2, 0.25) is 65.0 Å². The minimum atomic E-state index is -1.50. The molecule has 27 heteroatoms. The number of carboxylic acid groups (broad SMARTS) is 1. The molecule has 0 spiro atoms. The monoisotopic (exact) mass is 1320 g/mol. The molecule has 0 aromatic rings. The molecule has 0 saturated carbocycles. The Morgan fingerprint density at radius 3 is 1.66 bits per heavy atom. The Morgan fingerprint density at radius 2 is 1.19 bits per heavy atom. The van der Waals surface area contributed by atoms with Gasteiger partial charge in [-0.2, -0.15) is 0 Å². The van der Waals surface area contributed by atoms with Crippen molar-refractivity contribution < 1.29 is 72.5 Å². The van der Waals surface area contributed by atoms with E-state index in [2.05, 4.69) is 16.0 Å². The van der Waals surface area contributed by atoms with E-state index in [1.807, 2.05) is 41.5 Å². The maximum absolute atomic E-state index is 16.1. The molecule has 7 N–H and O–H groups in total. The Labute approximate surface area is 553 Å². The Kier molecular flexibility index (Phi) is 34.4. The van der Waals surface area contributed by atoms with Crippen LogP contribution in [0.2, 0.25) is 0 Å². The number of nitrogens with one attached hydrogen (secondary N) is 3. The van der Waals surface area contributed by atoms with E-state index in [9.17, 15) is 53.4 Å². The highest BCUT2D eigenvalue weighted by Gasteiger charge is 2.45. The van der Waals surface area contributed by atoms with Crippen molar-refractivity contribution in [1.82, 2.24) is 55.1 Å². The van der Waals surface area contributed by atoms with E-state index in [1.54, 1.807) is 41.5 Å². The van der Waals surface area contributed by atoms with Crippen LogP contribution in [0.15, 0.2) is 0 Å². The quantitative estimate of drug-likeness (QED) is 0.0642. The molecule has 532 valence electrons. The lowest BCUT2D eigenvalue weighted by atomic mass is 9.85. The summed E-state index contributed by atoms with van der Waals surface area (Å²) in [6, 6.07) is -14.6. The number of aliphatic carboxylic acids is 1. The maximum Gasteiger partial charge on any atom is 0.326 e. The zero-order chi connectivity index (χ0) is 72.3. The molecule has 1 aliphatic heterocycles. The number of aldehydes is 1. The third-order valence-electron chi connectivity index (χ3n) is 18.2. The number of hydrogen-bond donors (Lipinski definition) is 6. The minimum absolute atomic E-state index is 0.00333. The summed E-state index contributed by atoms with van der Waals surface area (Å²) >= 11 is 0. The molecule has 1 saturated heterocycles. The maximum atomic E-state index is 16.1. The van der Waals surface area contributed by atoms with Gasteiger partial charge in [0.1, 0.15) is 60.7 Å². The summed E-state index contributed by atoms with van der Waals surface area (Å²) in [5, 5.41) is 29.8. The van der Waals surface area contributed by atoms with Gasteiger partial charge in [-0.15, -0.1) is 0 Å². The molecular formula is C66H118N12O15. The molecule has 1 rings (SSSR count). The van der Waals surface area contributed by atoms with Crippen LogP contribution in [-0.4, -0.2) is 261 Å². The SMILES string of the molecule is CC[C@H](NC(=O)C(C[C@H](C)CC(O)C(C)N(C(C)=O)C(C)C(=O)O)N(C)C(=O)[C@@H]1C(C)CC(C)C[C@H](N(C)C(=O)[C@@H](N)C(C)C)C(=O)N[C@@H](C)C(=O)N[C@@H](C)C(=O)N(C)[C@@H](CC(C)C)C(=O)N(C)[C@@H](CC(C)C)C(=O)N1C)C(=O)N(C)CC(=O)N(C)[C@H](C=O)CC(C)C. The van der Waals surface area contributed by atoms with Crippen molar-refractivity contribution in [2.45, 2.75) is 248 Å². The van der Waals surface area contributed by atoms with Crippen LogP contribution in [0.5, 0.6) is 0 Å². The van der Waals surface area contributed by atoms with Crippen molar-refractivity contribution in [3.05, 3.63) is 0 Å². The molecule has 1 aliphatic rings. The van der Waals surface area contributed by atoms with E-state index in [0.717, 1.165) is 14.7 Å². The predicted molar refractivity (Wildman–Crippen MR) is 353 cm³/mol. The summed E-state index contributed by atoms with van der Waals surface area (Å²) in [5.41, 5.74) is 6.38. The molecule has 0 aromatic carbocycles. The molecule has 93 heavy (non-hydrogen) atoms. The zero-order valence-electron chi connectivity index (χ0n) is 60.3. The topological polar surface area (TPSA) is 350 Å². The predicted octanol–water partition coefficient (Wildman–Crippen LogP) is 2.18. The van der Waals surface area contributed by atoms with E-state index in [-0.39, 0.29) is 68.6 Å². The van der Waals surface area contributed by atoms with Gasteiger partial charge in [0.25, 0.3) is 0 Å². The first kappa shape index (κ1) is 84.2. The number of carbonyl (C=O) groups is 13. The summed E-state index contributed by atoms with van der Waals surface area (Å²) < 4.78 is 0. The summed E-state index contributed by atoms with van der Waals surface area (Å²) in [6.07, 6.45) is -0.483. The van der Waals surface area contributed by atoms with Crippen LogP contribution in [0.1, 0.15) is 169 Å². The molecule has 0 aliphatic carbocycles. The second kappa shape index (κ2) is 37.9. The summed E-state index contributed by atoms with van der Waals surface area (Å²) in [6.45, 7) is 27.9.